The van der Waals surface area contributed by atoms with E-state index in [-0.39, 0.29) is 16.4 Å². The van der Waals surface area contributed by atoms with Gasteiger partial charge in [-0.15, -0.1) is 0 Å². The fraction of sp³-hybridized carbons (Fsp3) is 0.174. The van der Waals surface area contributed by atoms with E-state index >= 15 is 0 Å². The minimum Gasteiger partial charge on any atom is -0.493 e. The summed E-state index contributed by atoms with van der Waals surface area (Å²) in [6.07, 6.45) is 1.70. The molecule has 0 heterocycles. The lowest BCUT2D eigenvalue weighted by Crippen LogP contribution is -2.11. The first-order chi connectivity index (χ1) is 14.2. The summed E-state index contributed by atoms with van der Waals surface area (Å²) < 4.78 is 36.6. The van der Waals surface area contributed by atoms with Crippen LogP contribution >= 0.6 is 15.9 Å². The summed E-state index contributed by atoms with van der Waals surface area (Å²) in [5.74, 6) is 0.365. The fourth-order valence-corrected chi connectivity index (χ4v) is 4.38. The molecule has 0 bridgehead atoms. The second kappa shape index (κ2) is 9.02. The molecular formula is C23H22BrNO4S. The topological polar surface area (TPSA) is 65.0 Å². The molecule has 30 heavy (non-hydrogen) atoms. The predicted octanol–water partition coefficient (Wildman–Crippen LogP) is 5.90. The average molecular weight is 488 g/mol. The summed E-state index contributed by atoms with van der Waals surface area (Å²) in [5.41, 5.74) is 4.82. The highest BCUT2D eigenvalue weighted by atomic mass is 79.9. The first-order valence-electron chi connectivity index (χ1n) is 9.20. The molecule has 0 unspecified atom stereocenters. The zero-order valence-corrected chi connectivity index (χ0v) is 19.5. The maximum atomic E-state index is 12.7. The normalized spacial score (nSPS) is 11.6. The van der Waals surface area contributed by atoms with E-state index in [4.69, 9.17) is 8.92 Å². The Balaban J connectivity index is 1.93. The van der Waals surface area contributed by atoms with E-state index in [1.54, 1.807) is 30.5 Å². The number of rotatable bonds is 6. The Morgan fingerprint density at radius 3 is 2.37 bits per heavy atom. The summed E-state index contributed by atoms with van der Waals surface area (Å²) >= 11 is 3.40. The zero-order valence-electron chi connectivity index (χ0n) is 17.1. The Hall–Kier alpha value is -2.64. The summed E-state index contributed by atoms with van der Waals surface area (Å²) in [5, 5.41) is 0. The van der Waals surface area contributed by atoms with Crippen LogP contribution in [0.15, 0.2) is 69.0 Å². The van der Waals surface area contributed by atoms with Crippen molar-refractivity contribution in [1.29, 1.82) is 0 Å². The molecule has 0 N–H and O–H groups in total. The fourth-order valence-electron chi connectivity index (χ4n) is 2.78. The number of halogens is 1. The lowest BCUT2D eigenvalue weighted by atomic mass is 10.1. The number of nitrogens with zero attached hydrogens (tertiary/aromatic N) is 1. The van der Waals surface area contributed by atoms with Gasteiger partial charge in [-0.2, -0.15) is 8.42 Å². The first kappa shape index (κ1) is 22.1. The molecule has 0 radical (unpaired) electrons. The molecule has 0 amide bonds. The Morgan fingerprint density at radius 2 is 1.70 bits per heavy atom. The highest BCUT2D eigenvalue weighted by molar-refractivity contribution is 9.10. The highest BCUT2D eigenvalue weighted by Gasteiger charge is 2.21. The lowest BCUT2D eigenvalue weighted by Gasteiger charge is -2.13. The average Bonchev–Trinajstić information content (AvgIpc) is 2.71. The molecule has 0 aliphatic carbocycles. The van der Waals surface area contributed by atoms with Gasteiger partial charge in [0.2, 0.25) is 0 Å². The van der Waals surface area contributed by atoms with Crippen molar-refractivity contribution in [2.24, 2.45) is 4.99 Å². The molecule has 0 saturated carbocycles. The van der Waals surface area contributed by atoms with Crippen LogP contribution in [0.5, 0.6) is 11.5 Å². The minimum atomic E-state index is -4.01. The van der Waals surface area contributed by atoms with Crippen LogP contribution in [-0.2, 0) is 10.1 Å². The van der Waals surface area contributed by atoms with Crippen LogP contribution in [0.2, 0.25) is 0 Å². The van der Waals surface area contributed by atoms with Crippen LogP contribution in [0.25, 0.3) is 0 Å². The lowest BCUT2D eigenvalue weighted by molar-refractivity contribution is 0.389. The van der Waals surface area contributed by atoms with Gasteiger partial charge in [-0.3, -0.25) is 4.99 Å². The number of aliphatic imine (C=N–C) groups is 1. The Labute approximate surface area is 185 Å². The number of benzene rings is 3. The molecule has 0 aliphatic rings. The maximum absolute atomic E-state index is 12.7. The molecule has 3 rings (SSSR count). The summed E-state index contributed by atoms with van der Waals surface area (Å²) in [6, 6.07) is 15.8. The van der Waals surface area contributed by atoms with Crippen molar-refractivity contribution in [3.8, 4) is 11.5 Å². The molecular weight excluding hydrogens is 466 g/mol. The molecule has 0 saturated heterocycles. The van der Waals surface area contributed by atoms with Gasteiger partial charge in [0.1, 0.15) is 4.90 Å². The van der Waals surface area contributed by atoms with E-state index in [0.29, 0.717) is 4.47 Å². The van der Waals surface area contributed by atoms with Gasteiger partial charge in [0.15, 0.2) is 11.5 Å². The van der Waals surface area contributed by atoms with Gasteiger partial charge in [-0.25, -0.2) is 0 Å². The van der Waals surface area contributed by atoms with Crippen molar-refractivity contribution in [3.63, 3.8) is 0 Å². The third kappa shape index (κ3) is 4.91. The van der Waals surface area contributed by atoms with Crippen molar-refractivity contribution in [3.05, 3.63) is 81.3 Å². The number of aryl methyl sites for hydroxylation is 2. The molecule has 3 aromatic rings. The van der Waals surface area contributed by atoms with E-state index in [1.807, 2.05) is 39.0 Å². The molecule has 5 nitrogen and oxygen atoms in total. The van der Waals surface area contributed by atoms with Crippen LogP contribution < -0.4 is 8.92 Å². The quantitative estimate of drug-likeness (QED) is 0.320. The zero-order chi connectivity index (χ0) is 21.9. The number of hydrogen-bond donors (Lipinski definition) is 0. The molecule has 0 spiro atoms. The van der Waals surface area contributed by atoms with E-state index in [2.05, 4.69) is 20.9 Å². The van der Waals surface area contributed by atoms with Crippen LogP contribution in [-0.4, -0.2) is 21.7 Å². The minimum absolute atomic E-state index is 0.0719. The van der Waals surface area contributed by atoms with E-state index < -0.39 is 10.1 Å². The monoisotopic (exact) mass is 487 g/mol. The van der Waals surface area contributed by atoms with Gasteiger partial charge in [0.25, 0.3) is 0 Å². The third-order valence-electron chi connectivity index (χ3n) is 4.68. The van der Waals surface area contributed by atoms with E-state index in [0.717, 1.165) is 27.9 Å². The maximum Gasteiger partial charge on any atom is 0.339 e. The third-order valence-corrected chi connectivity index (χ3v) is 6.51. The second-order valence-electron chi connectivity index (χ2n) is 6.86. The van der Waals surface area contributed by atoms with Crippen LogP contribution in [0.1, 0.15) is 22.3 Å². The number of ether oxygens (including phenoxy) is 1. The second-order valence-corrected chi connectivity index (χ2v) is 9.26. The molecule has 0 fully saturated rings. The standard InChI is InChI=1S/C23H22BrNO4S/c1-15-8-10-19(11-9-15)30(26,27)29-23-20(24)12-18(13-22(23)28-4)14-25-21-7-5-6-16(2)17(21)3/h5-14H,1-4H3. The summed E-state index contributed by atoms with van der Waals surface area (Å²) in [7, 11) is -2.55. The van der Waals surface area contributed by atoms with Gasteiger partial charge in [-0.1, -0.05) is 29.8 Å². The molecule has 156 valence electrons. The van der Waals surface area contributed by atoms with Crippen LogP contribution in [0.4, 0.5) is 5.69 Å². The predicted molar refractivity (Wildman–Crippen MR) is 123 cm³/mol. The molecule has 7 heteroatoms. The van der Waals surface area contributed by atoms with E-state index in [1.165, 1.54) is 19.2 Å². The Morgan fingerprint density at radius 1 is 1.00 bits per heavy atom. The van der Waals surface area contributed by atoms with Gasteiger partial charge in [0, 0.05) is 6.21 Å². The molecule has 3 aromatic carbocycles. The first-order valence-corrected chi connectivity index (χ1v) is 11.4. The van der Waals surface area contributed by atoms with Crippen LogP contribution in [0.3, 0.4) is 0 Å². The van der Waals surface area contributed by atoms with Crippen molar-refractivity contribution >= 4 is 38.0 Å². The van der Waals surface area contributed by atoms with E-state index in [9.17, 15) is 8.42 Å². The summed E-state index contributed by atoms with van der Waals surface area (Å²) in [6.45, 7) is 5.94. The van der Waals surface area contributed by atoms with Crippen LogP contribution in [0, 0.1) is 20.8 Å². The van der Waals surface area contributed by atoms with Gasteiger partial charge < -0.3 is 8.92 Å². The highest BCUT2D eigenvalue weighted by Crippen LogP contribution is 2.38. The van der Waals surface area contributed by atoms with Gasteiger partial charge in [0.05, 0.1) is 17.3 Å². The Bertz CT molecular complexity index is 1200. The SMILES string of the molecule is COc1cc(C=Nc2cccc(C)c2C)cc(Br)c1OS(=O)(=O)c1ccc(C)cc1. The van der Waals surface area contributed by atoms with Crippen molar-refractivity contribution in [2.45, 2.75) is 25.7 Å². The molecule has 0 aromatic heterocycles. The van der Waals surface area contributed by atoms with Gasteiger partial charge >= 0.3 is 10.1 Å². The largest absolute Gasteiger partial charge is 0.493 e. The molecule has 0 atom stereocenters. The number of methoxy groups -OCH3 is 1. The summed E-state index contributed by atoms with van der Waals surface area (Å²) in [4.78, 5) is 4.62. The Kier molecular flexibility index (Phi) is 6.63. The van der Waals surface area contributed by atoms with Crippen molar-refractivity contribution in [2.75, 3.05) is 7.11 Å². The van der Waals surface area contributed by atoms with Crippen molar-refractivity contribution < 1.29 is 17.3 Å². The molecule has 0 aliphatic heterocycles. The van der Waals surface area contributed by atoms with Gasteiger partial charge in [-0.05, 0) is 83.7 Å². The smallest absolute Gasteiger partial charge is 0.339 e. The number of hydrogen-bond acceptors (Lipinski definition) is 5. The van der Waals surface area contributed by atoms with Crippen molar-refractivity contribution in [1.82, 2.24) is 0 Å².